The Morgan fingerprint density at radius 3 is 2.56 bits per heavy atom. The molecule has 0 aliphatic carbocycles. The largest absolute Gasteiger partial charge is 0.309 e. The lowest BCUT2D eigenvalue weighted by molar-refractivity contribution is 0.549. The van der Waals surface area contributed by atoms with Crippen LogP contribution in [0.3, 0.4) is 0 Å². The van der Waals surface area contributed by atoms with Gasteiger partial charge in [-0.1, -0.05) is 11.6 Å². The third-order valence-electron chi connectivity index (χ3n) is 2.78. The van der Waals surface area contributed by atoms with E-state index in [9.17, 15) is 8.78 Å². The van der Waals surface area contributed by atoms with Crippen LogP contribution in [0, 0.1) is 18.6 Å². The van der Waals surface area contributed by atoms with Crippen LogP contribution in [0.4, 0.5) is 8.78 Å². The molecule has 0 spiro atoms. The van der Waals surface area contributed by atoms with Crippen molar-refractivity contribution in [2.24, 2.45) is 0 Å². The van der Waals surface area contributed by atoms with Crippen molar-refractivity contribution in [2.45, 2.75) is 13.0 Å². The molecule has 1 heterocycles. The van der Waals surface area contributed by atoms with Crippen LogP contribution in [0.5, 0.6) is 0 Å². The molecule has 96 valence electrons. The number of aryl methyl sites for hydroxylation is 1. The first kappa shape index (κ1) is 13.5. The van der Waals surface area contributed by atoms with Crippen molar-refractivity contribution < 1.29 is 8.78 Å². The minimum absolute atomic E-state index is 0.364. The molecule has 2 aromatic rings. The van der Waals surface area contributed by atoms with Crippen LogP contribution >= 0.6 is 22.9 Å². The van der Waals surface area contributed by atoms with Gasteiger partial charge in [0.1, 0.15) is 11.6 Å². The molecule has 5 heteroatoms. The molecule has 0 amide bonds. The van der Waals surface area contributed by atoms with Crippen LogP contribution in [-0.4, -0.2) is 7.05 Å². The molecule has 1 nitrogen and oxygen atoms in total. The lowest BCUT2D eigenvalue weighted by atomic mass is 10.0. The Kier molecular flexibility index (Phi) is 4.00. The molecule has 1 unspecified atom stereocenters. The van der Waals surface area contributed by atoms with Crippen molar-refractivity contribution in [3.8, 4) is 0 Å². The number of hydrogen-bond donors (Lipinski definition) is 1. The summed E-state index contributed by atoms with van der Waals surface area (Å²) in [6, 6.07) is 3.83. The topological polar surface area (TPSA) is 12.0 Å². The first-order valence-electron chi connectivity index (χ1n) is 5.40. The van der Waals surface area contributed by atoms with E-state index in [-0.39, 0.29) is 6.04 Å². The second-order valence-corrected chi connectivity index (χ2v) is 5.33. The summed E-state index contributed by atoms with van der Waals surface area (Å²) in [7, 11) is 1.72. The van der Waals surface area contributed by atoms with E-state index in [1.165, 1.54) is 17.4 Å². The molecule has 1 aromatic heterocycles. The maximum atomic E-state index is 13.9. The fourth-order valence-corrected chi connectivity index (χ4v) is 3.13. The third-order valence-corrected chi connectivity index (χ3v) is 4.21. The monoisotopic (exact) mass is 287 g/mol. The molecule has 2 rings (SSSR count). The lowest BCUT2D eigenvalue weighted by Gasteiger charge is -2.17. The fourth-order valence-electron chi connectivity index (χ4n) is 1.84. The van der Waals surface area contributed by atoms with Crippen molar-refractivity contribution in [1.82, 2.24) is 5.32 Å². The van der Waals surface area contributed by atoms with Crippen molar-refractivity contribution in [3.05, 3.63) is 56.2 Å². The smallest absolute Gasteiger partial charge is 0.131 e. The van der Waals surface area contributed by atoms with E-state index >= 15 is 0 Å². The molecule has 0 radical (unpaired) electrons. The molecule has 0 aliphatic heterocycles. The zero-order chi connectivity index (χ0) is 13.3. The molecule has 0 bridgehead atoms. The lowest BCUT2D eigenvalue weighted by Crippen LogP contribution is -2.18. The van der Waals surface area contributed by atoms with Gasteiger partial charge in [-0.2, -0.15) is 0 Å². The summed E-state index contributed by atoms with van der Waals surface area (Å²) in [6.45, 7) is 1.61. The van der Waals surface area contributed by atoms with Crippen LogP contribution in [0.15, 0.2) is 23.6 Å². The Hall–Kier alpha value is -0.970. The molecule has 0 fully saturated rings. The zero-order valence-corrected chi connectivity index (χ0v) is 11.5. The van der Waals surface area contributed by atoms with Crippen LogP contribution in [0.1, 0.15) is 22.0 Å². The van der Waals surface area contributed by atoms with Gasteiger partial charge in [-0.25, -0.2) is 8.78 Å². The predicted octanol–water partition coefficient (Wildman–Crippen LogP) is 4.30. The quantitative estimate of drug-likeness (QED) is 0.888. The third kappa shape index (κ3) is 2.41. The maximum absolute atomic E-state index is 13.9. The minimum atomic E-state index is -0.568. The Balaban J connectivity index is 2.52. The Labute approximate surface area is 113 Å². The molecule has 0 aliphatic rings. The first-order valence-corrected chi connectivity index (χ1v) is 6.66. The fraction of sp³-hybridized carbons (Fsp3) is 0.231. The van der Waals surface area contributed by atoms with Crippen molar-refractivity contribution in [3.63, 3.8) is 0 Å². The van der Waals surface area contributed by atoms with Crippen molar-refractivity contribution in [2.75, 3.05) is 7.05 Å². The van der Waals surface area contributed by atoms with E-state index in [2.05, 4.69) is 5.32 Å². The summed E-state index contributed by atoms with van der Waals surface area (Å²) in [5, 5.41) is 5.44. The van der Waals surface area contributed by atoms with Gasteiger partial charge in [-0.3, -0.25) is 0 Å². The van der Waals surface area contributed by atoms with E-state index in [4.69, 9.17) is 11.6 Å². The molecule has 18 heavy (non-hydrogen) atoms. The number of thiophene rings is 1. The minimum Gasteiger partial charge on any atom is -0.309 e. The van der Waals surface area contributed by atoms with E-state index in [1.54, 1.807) is 20.0 Å². The summed E-state index contributed by atoms with van der Waals surface area (Å²) in [4.78, 5) is 0.823. The predicted molar refractivity (Wildman–Crippen MR) is 71.3 cm³/mol. The highest BCUT2D eigenvalue weighted by atomic mass is 35.5. The molecule has 0 saturated heterocycles. The first-order chi connectivity index (χ1) is 8.54. The van der Waals surface area contributed by atoms with Gasteiger partial charge >= 0.3 is 0 Å². The van der Waals surface area contributed by atoms with E-state index in [1.807, 2.05) is 5.38 Å². The van der Waals surface area contributed by atoms with Gasteiger partial charge in [0.25, 0.3) is 0 Å². The summed E-state index contributed by atoms with van der Waals surface area (Å²) in [5.74, 6) is -1.11. The molecule has 1 atom stereocenters. The normalized spacial score (nSPS) is 12.7. The van der Waals surface area contributed by atoms with Crippen LogP contribution in [0.2, 0.25) is 5.02 Å². The number of nitrogens with one attached hydrogen (secondary N) is 1. The molecule has 1 aromatic carbocycles. The summed E-state index contributed by atoms with van der Waals surface area (Å²) in [5.41, 5.74) is 0.820. The van der Waals surface area contributed by atoms with Gasteiger partial charge in [-0.15, -0.1) is 11.3 Å². The Morgan fingerprint density at radius 1 is 1.28 bits per heavy atom. The molecule has 1 N–H and O–H groups in total. The van der Waals surface area contributed by atoms with Gasteiger partial charge in [0.05, 0.1) is 11.1 Å². The highest BCUT2D eigenvalue weighted by Gasteiger charge is 2.21. The highest BCUT2D eigenvalue weighted by molar-refractivity contribution is 7.10. The second-order valence-electron chi connectivity index (χ2n) is 3.98. The zero-order valence-electron chi connectivity index (χ0n) is 9.93. The number of benzene rings is 1. The van der Waals surface area contributed by atoms with Gasteiger partial charge in [0.2, 0.25) is 0 Å². The van der Waals surface area contributed by atoms with Crippen molar-refractivity contribution >= 4 is 22.9 Å². The second kappa shape index (κ2) is 5.34. The van der Waals surface area contributed by atoms with Gasteiger partial charge in [-0.05, 0) is 37.0 Å². The number of halogens is 3. The molecular weight excluding hydrogens is 276 g/mol. The van der Waals surface area contributed by atoms with E-state index < -0.39 is 11.6 Å². The number of hydrogen-bond acceptors (Lipinski definition) is 2. The van der Waals surface area contributed by atoms with E-state index in [0.717, 1.165) is 10.9 Å². The van der Waals surface area contributed by atoms with Crippen LogP contribution < -0.4 is 5.32 Å². The molecule has 0 saturated carbocycles. The highest BCUT2D eigenvalue weighted by Crippen LogP contribution is 2.34. The standard InChI is InChI=1S/C13H12ClF2NS/c1-7-5-8(11(16)6-10(7)15)12(17-2)13-9(14)3-4-18-13/h3-6,12,17H,1-2H3. The summed E-state index contributed by atoms with van der Waals surface area (Å²) >= 11 is 7.50. The Bertz CT molecular complexity index is 568. The maximum Gasteiger partial charge on any atom is 0.131 e. The average molecular weight is 288 g/mol. The van der Waals surface area contributed by atoms with Crippen LogP contribution in [-0.2, 0) is 0 Å². The molecular formula is C13H12ClF2NS. The van der Waals surface area contributed by atoms with Gasteiger partial charge in [0.15, 0.2) is 0 Å². The summed E-state index contributed by atoms with van der Waals surface area (Å²) in [6.07, 6.45) is 0. The van der Waals surface area contributed by atoms with E-state index in [0.29, 0.717) is 16.1 Å². The Morgan fingerprint density at radius 2 is 2.00 bits per heavy atom. The van der Waals surface area contributed by atoms with Crippen molar-refractivity contribution in [1.29, 1.82) is 0 Å². The van der Waals surface area contributed by atoms with Crippen LogP contribution in [0.25, 0.3) is 0 Å². The SMILES string of the molecule is CNC(c1cc(C)c(F)cc1F)c1sccc1Cl. The summed E-state index contributed by atoms with van der Waals surface area (Å²) < 4.78 is 27.1. The van der Waals surface area contributed by atoms with Gasteiger partial charge < -0.3 is 5.32 Å². The average Bonchev–Trinajstić information content (AvgIpc) is 2.73. The van der Waals surface area contributed by atoms with Gasteiger partial charge in [0, 0.05) is 16.5 Å². The number of rotatable bonds is 3.